The summed E-state index contributed by atoms with van der Waals surface area (Å²) in [4.78, 5) is 15.2. The maximum absolute atomic E-state index is 12.8. The average Bonchev–Trinajstić information content (AvgIpc) is 2.87. The second-order valence-corrected chi connectivity index (χ2v) is 8.07. The van der Waals surface area contributed by atoms with Crippen molar-refractivity contribution in [1.29, 1.82) is 0 Å². The van der Waals surface area contributed by atoms with Gasteiger partial charge in [-0.05, 0) is 59.5 Å². The molecular weight excluding hydrogens is 416 g/mol. The van der Waals surface area contributed by atoms with E-state index >= 15 is 0 Å². The lowest BCUT2D eigenvalue weighted by atomic mass is 9.91. The highest BCUT2D eigenvalue weighted by molar-refractivity contribution is 5.94. The summed E-state index contributed by atoms with van der Waals surface area (Å²) in [5.74, 6) is 2.18. The number of ether oxygens (including phenoxy) is 3. The van der Waals surface area contributed by atoms with E-state index in [1.54, 1.807) is 21.3 Å². The molecule has 0 radical (unpaired) electrons. The van der Waals surface area contributed by atoms with Crippen LogP contribution in [0.1, 0.15) is 33.1 Å². The minimum atomic E-state index is -0.0791. The lowest BCUT2D eigenvalue weighted by molar-refractivity contribution is 0.0926. The molecule has 3 aromatic rings. The molecule has 3 aromatic carbocycles. The van der Waals surface area contributed by atoms with Crippen LogP contribution in [0.2, 0.25) is 0 Å². The van der Waals surface area contributed by atoms with E-state index in [1.165, 1.54) is 5.56 Å². The third kappa shape index (κ3) is 5.12. The zero-order chi connectivity index (χ0) is 23.2. The van der Waals surface area contributed by atoms with Gasteiger partial charge in [-0.3, -0.25) is 9.69 Å². The van der Waals surface area contributed by atoms with Crippen molar-refractivity contribution in [3.8, 4) is 17.2 Å². The van der Waals surface area contributed by atoms with Crippen LogP contribution < -0.4 is 19.5 Å². The molecule has 1 aliphatic heterocycles. The molecule has 4 rings (SSSR count). The second kappa shape index (κ2) is 10.4. The summed E-state index contributed by atoms with van der Waals surface area (Å²) in [5, 5.41) is 3.14. The number of amides is 1. The van der Waals surface area contributed by atoms with Gasteiger partial charge in [0.2, 0.25) is 0 Å². The molecule has 0 spiro atoms. The molecule has 1 amide bonds. The van der Waals surface area contributed by atoms with Gasteiger partial charge in [-0.15, -0.1) is 0 Å². The molecule has 0 fully saturated rings. The topological polar surface area (TPSA) is 60.0 Å². The molecule has 0 aromatic heterocycles. The van der Waals surface area contributed by atoms with Gasteiger partial charge in [-0.1, -0.05) is 30.3 Å². The van der Waals surface area contributed by atoms with Crippen LogP contribution in [0.25, 0.3) is 0 Å². The Kier molecular flexibility index (Phi) is 7.15. The van der Waals surface area contributed by atoms with Gasteiger partial charge >= 0.3 is 0 Å². The molecule has 0 aliphatic carbocycles. The lowest BCUT2D eigenvalue weighted by Crippen LogP contribution is -2.41. The molecule has 6 heteroatoms. The van der Waals surface area contributed by atoms with Crippen molar-refractivity contribution < 1.29 is 19.0 Å². The summed E-state index contributed by atoms with van der Waals surface area (Å²) in [5.41, 5.74) is 4.18. The minimum absolute atomic E-state index is 0.00702. The van der Waals surface area contributed by atoms with Crippen molar-refractivity contribution >= 4 is 5.91 Å². The van der Waals surface area contributed by atoms with Crippen molar-refractivity contribution in [2.75, 3.05) is 34.4 Å². The first-order valence-electron chi connectivity index (χ1n) is 11.1. The Morgan fingerprint density at radius 3 is 2.42 bits per heavy atom. The first-order chi connectivity index (χ1) is 16.1. The van der Waals surface area contributed by atoms with Gasteiger partial charge in [-0.25, -0.2) is 0 Å². The smallest absolute Gasteiger partial charge is 0.251 e. The third-order valence-corrected chi connectivity index (χ3v) is 6.13. The Hall–Kier alpha value is -3.51. The molecule has 1 heterocycles. The predicted octanol–water partition coefficient (Wildman–Crippen LogP) is 4.24. The Labute approximate surface area is 195 Å². The van der Waals surface area contributed by atoms with Crippen molar-refractivity contribution in [2.24, 2.45) is 0 Å². The second-order valence-electron chi connectivity index (χ2n) is 8.07. The average molecular weight is 447 g/mol. The van der Waals surface area contributed by atoms with E-state index < -0.39 is 0 Å². The molecular formula is C27H30N2O4. The molecule has 0 bridgehead atoms. The SMILES string of the molecule is COc1cccc(CN2CCc3cc(OC)c(OC)cc3[C@@H]2CNC(=O)c2ccccc2)c1. The monoisotopic (exact) mass is 446 g/mol. The summed E-state index contributed by atoms with van der Waals surface area (Å²) in [6.45, 7) is 2.10. The number of hydrogen-bond donors (Lipinski definition) is 1. The number of benzene rings is 3. The summed E-state index contributed by atoms with van der Waals surface area (Å²) in [7, 11) is 4.98. The fourth-order valence-electron chi connectivity index (χ4n) is 4.39. The van der Waals surface area contributed by atoms with E-state index in [4.69, 9.17) is 14.2 Å². The van der Waals surface area contributed by atoms with Gasteiger partial charge in [-0.2, -0.15) is 0 Å². The Bertz CT molecular complexity index is 1100. The quantitative estimate of drug-likeness (QED) is 0.561. The molecule has 6 nitrogen and oxygen atoms in total. The van der Waals surface area contributed by atoms with Crippen LogP contribution in [0.4, 0.5) is 0 Å². The standard InChI is InChI=1S/C27H30N2O4/c1-31-22-11-7-8-19(14-22)18-29-13-12-21-15-25(32-2)26(33-3)16-23(21)24(29)17-28-27(30)20-9-5-4-6-10-20/h4-11,14-16,24H,12-13,17-18H2,1-3H3,(H,28,30)/t24-/m0/s1. The zero-order valence-corrected chi connectivity index (χ0v) is 19.3. The van der Waals surface area contributed by atoms with E-state index in [0.29, 0.717) is 17.9 Å². The van der Waals surface area contributed by atoms with Gasteiger partial charge in [0, 0.05) is 25.2 Å². The normalized spacial score (nSPS) is 15.4. The van der Waals surface area contributed by atoms with Gasteiger partial charge in [0.25, 0.3) is 5.91 Å². The first-order valence-corrected chi connectivity index (χ1v) is 11.1. The van der Waals surface area contributed by atoms with Crippen LogP contribution >= 0.6 is 0 Å². The van der Waals surface area contributed by atoms with Crippen molar-refractivity contribution in [3.63, 3.8) is 0 Å². The summed E-state index contributed by atoms with van der Waals surface area (Å²) in [6, 6.07) is 21.5. The third-order valence-electron chi connectivity index (χ3n) is 6.13. The van der Waals surface area contributed by atoms with Crippen LogP contribution in [0, 0.1) is 0 Å². The Balaban J connectivity index is 1.63. The number of rotatable bonds is 8. The number of carbonyl (C=O) groups excluding carboxylic acids is 1. The molecule has 33 heavy (non-hydrogen) atoms. The fourth-order valence-corrected chi connectivity index (χ4v) is 4.39. The highest BCUT2D eigenvalue weighted by atomic mass is 16.5. The fraction of sp³-hybridized carbons (Fsp3) is 0.296. The van der Waals surface area contributed by atoms with Crippen LogP contribution in [0.15, 0.2) is 66.7 Å². The maximum Gasteiger partial charge on any atom is 0.251 e. The molecule has 1 N–H and O–H groups in total. The highest BCUT2D eigenvalue weighted by Crippen LogP contribution is 2.38. The summed E-state index contributed by atoms with van der Waals surface area (Å²) < 4.78 is 16.5. The van der Waals surface area contributed by atoms with Crippen molar-refractivity contribution in [2.45, 2.75) is 19.0 Å². The molecule has 0 unspecified atom stereocenters. The van der Waals surface area contributed by atoms with Gasteiger partial charge in [0.15, 0.2) is 11.5 Å². The van der Waals surface area contributed by atoms with Crippen LogP contribution in [0.5, 0.6) is 17.2 Å². The van der Waals surface area contributed by atoms with E-state index in [1.807, 2.05) is 48.5 Å². The van der Waals surface area contributed by atoms with E-state index in [-0.39, 0.29) is 11.9 Å². The summed E-state index contributed by atoms with van der Waals surface area (Å²) >= 11 is 0. The van der Waals surface area contributed by atoms with Gasteiger partial charge in [0.05, 0.1) is 27.4 Å². The molecule has 1 aliphatic rings. The van der Waals surface area contributed by atoms with Gasteiger partial charge < -0.3 is 19.5 Å². The predicted molar refractivity (Wildman–Crippen MR) is 128 cm³/mol. The number of hydrogen-bond acceptors (Lipinski definition) is 5. The Morgan fingerprint density at radius 2 is 1.70 bits per heavy atom. The zero-order valence-electron chi connectivity index (χ0n) is 19.3. The number of carbonyl (C=O) groups is 1. The highest BCUT2D eigenvalue weighted by Gasteiger charge is 2.29. The van der Waals surface area contributed by atoms with Crippen molar-refractivity contribution in [3.05, 3.63) is 89.0 Å². The molecule has 0 saturated heterocycles. The number of nitrogens with one attached hydrogen (secondary N) is 1. The van der Waals surface area contributed by atoms with Crippen LogP contribution in [0.3, 0.4) is 0 Å². The van der Waals surface area contributed by atoms with Crippen LogP contribution in [-0.4, -0.2) is 45.2 Å². The minimum Gasteiger partial charge on any atom is -0.497 e. The van der Waals surface area contributed by atoms with E-state index in [2.05, 4.69) is 28.4 Å². The molecule has 1 atom stereocenters. The number of nitrogens with zero attached hydrogens (tertiary/aromatic N) is 1. The van der Waals surface area contributed by atoms with Gasteiger partial charge in [0.1, 0.15) is 5.75 Å². The van der Waals surface area contributed by atoms with E-state index in [9.17, 15) is 4.79 Å². The lowest BCUT2D eigenvalue weighted by Gasteiger charge is -2.38. The molecule has 172 valence electrons. The Morgan fingerprint density at radius 1 is 0.939 bits per heavy atom. The van der Waals surface area contributed by atoms with Crippen LogP contribution in [-0.2, 0) is 13.0 Å². The maximum atomic E-state index is 12.8. The first kappa shape index (κ1) is 22.7. The summed E-state index contributed by atoms with van der Waals surface area (Å²) in [6.07, 6.45) is 0.892. The number of methoxy groups -OCH3 is 3. The van der Waals surface area contributed by atoms with E-state index in [0.717, 1.165) is 42.1 Å². The molecule has 0 saturated carbocycles. The van der Waals surface area contributed by atoms with Crippen molar-refractivity contribution in [1.82, 2.24) is 10.2 Å². The number of fused-ring (bicyclic) bond motifs is 1. The largest absolute Gasteiger partial charge is 0.497 e.